The van der Waals surface area contributed by atoms with Gasteiger partial charge in [0, 0.05) is 11.1 Å². The molecule has 0 unspecified atom stereocenters. The topological polar surface area (TPSA) is 93.2 Å². The zero-order chi connectivity index (χ0) is 19.6. The van der Waals surface area contributed by atoms with E-state index in [-0.39, 0.29) is 16.0 Å². The van der Waals surface area contributed by atoms with Gasteiger partial charge in [-0.05, 0) is 47.5 Å². The Hall–Kier alpha value is -3.21. The number of primary sulfonamides is 1. The fourth-order valence-corrected chi connectivity index (χ4v) is 3.64. The Labute approximate surface area is 156 Å². The summed E-state index contributed by atoms with van der Waals surface area (Å²) in [6.07, 6.45) is 0. The summed E-state index contributed by atoms with van der Waals surface area (Å²) in [7, 11) is -2.63. The van der Waals surface area contributed by atoms with Crippen LogP contribution in [0, 0.1) is 17.1 Å². The zero-order valence-electron chi connectivity index (χ0n) is 14.3. The van der Waals surface area contributed by atoms with Crippen LogP contribution in [0.1, 0.15) is 5.56 Å². The number of nitrogens with two attached hydrogens (primary N) is 1. The Kier molecular flexibility index (Phi) is 4.95. The molecule has 0 aliphatic rings. The molecule has 3 aromatic rings. The first-order chi connectivity index (χ1) is 12.8. The molecular formula is C20H15FN2O3S. The molecule has 0 aromatic heterocycles. The number of sulfonamides is 1. The van der Waals surface area contributed by atoms with Crippen molar-refractivity contribution in [2.75, 3.05) is 7.11 Å². The molecule has 0 aliphatic heterocycles. The summed E-state index contributed by atoms with van der Waals surface area (Å²) in [4.78, 5) is -0.149. The third-order valence-electron chi connectivity index (χ3n) is 4.08. The molecule has 0 radical (unpaired) electrons. The van der Waals surface area contributed by atoms with Crippen LogP contribution in [0.2, 0.25) is 0 Å². The van der Waals surface area contributed by atoms with Crippen molar-refractivity contribution in [1.82, 2.24) is 0 Å². The number of rotatable bonds is 4. The zero-order valence-corrected chi connectivity index (χ0v) is 15.1. The van der Waals surface area contributed by atoms with E-state index in [0.717, 1.165) is 0 Å². The van der Waals surface area contributed by atoms with E-state index in [2.05, 4.69) is 6.07 Å². The predicted octanol–water partition coefficient (Wildman–Crippen LogP) is 3.69. The first-order valence-corrected chi connectivity index (χ1v) is 9.40. The number of hydrogen-bond donors (Lipinski definition) is 1. The highest BCUT2D eigenvalue weighted by Gasteiger charge is 2.21. The highest BCUT2D eigenvalue weighted by atomic mass is 32.2. The van der Waals surface area contributed by atoms with Crippen LogP contribution in [-0.2, 0) is 10.0 Å². The molecule has 2 N–H and O–H groups in total. The van der Waals surface area contributed by atoms with Crippen molar-refractivity contribution >= 4 is 10.0 Å². The van der Waals surface area contributed by atoms with E-state index >= 15 is 0 Å². The van der Waals surface area contributed by atoms with Gasteiger partial charge in [0.1, 0.15) is 11.6 Å². The number of benzene rings is 3. The Bertz CT molecular complexity index is 1170. The van der Waals surface area contributed by atoms with Gasteiger partial charge in [-0.15, -0.1) is 0 Å². The van der Waals surface area contributed by atoms with Gasteiger partial charge < -0.3 is 4.74 Å². The van der Waals surface area contributed by atoms with Crippen LogP contribution in [-0.4, -0.2) is 15.5 Å². The maximum atomic E-state index is 13.8. The number of hydrogen-bond acceptors (Lipinski definition) is 4. The molecule has 5 nitrogen and oxygen atoms in total. The standard InChI is InChI=1S/C20H15FN2O3S/c1-26-16-8-9-19(27(23,24)25)18(11-16)20-14(12-22)5-3-7-17(20)13-4-2-6-15(21)10-13/h2-11H,1H3,(H2,23,24,25). The fourth-order valence-electron chi connectivity index (χ4n) is 2.91. The molecule has 0 spiro atoms. The fraction of sp³-hybridized carbons (Fsp3) is 0.0500. The van der Waals surface area contributed by atoms with Crippen LogP contribution < -0.4 is 9.88 Å². The van der Waals surface area contributed by atoms with E-state index in [4.69, 9.17) is 9.88 Å². The van der Waals surface area contributed by atoms with E-state index in [1.165, 1.54) is 37.4 Å². The van der Waals surface area contributed by atoms with Gasteiger partial charge in [0.05, 0.1) is 23.6 Å². The molecule has 0 amide bonds. The lowest BCUT2D eigenvalue weighted by Gasteiger charge is -2.16. The average molecular weight is 382 g/mol. The third-order valence-corrected chi connectivity index (χ3v) is 5.05. The van der Waals surface area contributed by atoms with Gasteiger partial charge in [0.15, 0.2) is 0 Å². The lowest BCUT2D eigenvalue weighted by atomic mass is 9.90. The minimum atomic E-state index is -4.08. The molecule has 27 heavy (non-hydrogen) atoms. The van der Waals surface area contributed by atoms with Crippen molar-refractivity contribution < 1.29 is 17.5 Å². The van der Waals surface area contributed by atoms with Crippen molar-refractivity contribution in [1.29, 1.82) is 5.26 Å². The molecule has 0 saturated heterocycles. The summed E-state index contributed by atoms with van der Waals surface area (Å²) in [5.41, 5.74) is 1.80. The quantitative estimate of drug-likeness (QED) is 0.745. The summed E-state index contributed by atoms with van der Waals surface area (Å²) >= 11 is 0. The maximum Gasteiger partial charge on any atom is 0.238 e. The monoisotopic (exact) mass is 382 g/mol. The van der Waals surface area contributed by atoms with Crippen molar-refractivity contribution in [3.05, 3.63) is 72.0 Å². The molecule has 0 atom stereocenters. The number of methoxy groups -OCH3 is 1. The van der Waals surface area contributed by atoms with Crippen molar-refractivity contribution in [3.8, 4) is 34.1 Å². The summed E-state index contributed by atoms with van der Waals surface area (Å²) in [6.45, 7) is 0. The molecule has 3 rings (SSSR count). The van der Waals surface area contributed by atoms with E-state index in [1.807, 2.05) is 0 Å². The Morgan fingerprint density at radius 3 is 2.41 bits per heavy atom. The number of nitriles is 1. The van der Waals surface area contributed by atoms with Crippen LogP contribution in [0.3, 0.4) is 0 Å². The number of halogens is 1. The lowest BCUT2D eigenvalue weighted by Crippen LogP contribution is -2.14. The minimum Gasteiger partial charge on any atom is -0.497 e. The smallest absolute Gasteiger partial charge is 0.238 e. The molecular weight excluding hydrogens is 367 g/mol. The Morgan fingerprint density at radius 1 is 1.04 bits per heavy atom. The molecule has 7 heteroatoms. The number of ether oxygens (including phenoxy) is 1. The maximum absolute atomic E-state index is 13.8. The second kappa shape index (κ2) is 7.19. The molecule has 0 heterocycles. The van der Waals surface area contributed by atoms with Gasteiger partial charge in [-0.2, -0.15) is 5.26 Å². The highest BCUT2D eigenvalue weighted by Crippen LogP contribution is 2.39. The first-order valence-electron chi connectivity index (χ1n) is 7.85. The van der Waals surface area contributed by atoms with Gasteiger partial charge in [-0.25, -0.2) is 17.9 Å². The minimum absolute atomic E-state index is 0.149. The molecule has 0 saturated carbocycles. The van der Waals surface area contributed by atoms with Crippen molar-refractivity contribution in [2.45, 2.75) is 4.90 Å². The van der Waals surface area contributed by atoms with E-state index in [9.17, 15) is 18.1 Å². The van der Waals surface area contributed by atoms with Gasteiger partial charge in [0.25, 0.3) is 0 Å². The Balaban J connectivity index is 2.44. The normalized spacial score (nSPS) is 11.0. The highest BCUT2D eigenvalue weighted by molar-refractivity contribution is 7.89. The first kappa shape index (κ1) is 18.6. The van der Waals surface area contributed by atoms with Gasteiger partial charge in [-0.1, -0.05) is 24.3 Å². The van der Waals surface area contributed by atoms with E-state index in [1.54, 1.807) is 30.3 Å². The van der Waals surface area contributed by atoms with E-state index < -0.39 is 15.8 Å². The summed E-state index contributed by atoms with van der Waals surface area (Å²) in [5.74, 6) is -0.0477. The van der Waals surface area contributed by atoms with Crippen molar-refractivity contribution in [3.63, 3.8) is 0 Å². The van der Waals surface area contributed by atoms with E-state index in [0.29, 0.717) is 22.4 Å². The lowest BCUT2D eigenvalue weighted by molar-refractivity contribution is 0.414. The molecule has 0 aliphatic carbocycles. The van der Waals surface area contributed by atoms with Crippen molar-refractivity contribution in [2.24, 2.45) is 5.14 Å². The molecule has 0 bridgehead atoms. The third kappa shape index (κ3) is 3.67. The average Bonchev–Trinajstić information content (AvgIpc) is 2.66. The van der Waals surface area contributed by atoms with Gasteiger partial charge >= 0.3 is 0 Å². The molecule has 0 fully saturated rings. The predicted molar refractivity (Wildman–Crippen MR) is 99.9 cm³/mol. The second-order valence-electron chi connectivity index (χ2n) is 5.76. The van der Waals surface area contributed by atoms with Crippen LogP contribution >= 0.6 is 0 Å². The van der Waals surface area contributed by atoms with Gasteiger partial charge in [0.2, 0.25) is 10.0 Å². The molecule has 136 valence electrons. The summed E-state index contributed by atoms with van der Waals surface area (Å²) in [6, 6.07) is 17.1. The molecule has 3 aromatic carbocycles. The van der Waals surface area contributed by atoms with Crippen LogP contribution in [0.4, 0.5) is 4.39 Å². The second-order valence-corrected chi connectivity index (χ2v) is 7.29. The number of nitrogens with zero attached hydrogens (tertiary/aromatic N) is 1. The largest absolute Gasteiger partial charge is 0.497 e. The van der Waals surface area contributed by atoms with Gasteiger partial charge in [-0.3, -0.25) is 0 Å². The summed E-state index contributed by atoms with van der Waals surface area (Å²) < 4.78 is 43.2. The summed E-state index contributed by atoms with van der Waals surface area (Å²) in [5, 5.41) is 15.0. The van der Waals surface area contributed by atoms with Crippen LogP contribution in [0.25, 0.3) is 22.3 Å². The SMILES string of the molecule is COc1ccc(S(N)(=O)=O)c(-c2c(C#N)cccc2-c2cccc(F)c2)c1. The van der Waals surface area contributed by atoms with Crippen LogP contribution in [0.5, 0.6) is 5.75 Å². The Morgan fingerprint density at radius 2 is 1.78 bits per heavy atom. The van der Waals surface area contributed by atoms with Crippen LogP contribution in [0.15, 0.2) is 65.6 Å².